The van der Waals surface area contributed by atoms with Crippen LogP contribution in [0.2, 0.25) is 0 Å². The number of hydrogen-bond acceptors (Lipinski definition) is 3. The van der Waals surface area contributed by atoms with Gasteiger partial charge in [-0.25, -0.2) is 17.5 Å². The third-order valence-corrected chi connectivity index (χ3v) is 4.39. The van der Waals surface area contributed by atoms with Crippen LogP contribution in [0.3, 0.4) is 0 Å². The van der Waals surface area contributed by atoms with E-state index in [1.54, 1.807) is 0 Å². The highest BCUT2D eigenvalue weighted by atomic mass is 79.9. The standard InChI is InChI=1S/C12H16BrFN2O3S/c1-2-6-15-12(17)5-7-16-20(18,19)11-4-3-9(13)8-10(11)14/h3-4,8,16H,2,5-7H2,1H3,(H,15,17). The van der Waals surface area contributed by atoms with Gasteiger partial charge in [0.2, 0.25) is 15.9 Å². The number of sulfonamides is 1. The summed E-state index contributed by atoms with van der Waals surface area (Å²) >= 11 is 3.05. The summed E-state index contributed by atoms with van der Waals surface area (Å²) in [6.07, 6.45) is 0.818. The summed E-state index contributed by atoms with van der Waals surface area (Å²) in [5.74, 6) is -1.09. The average Bonchev–Trinajstić information content (AvgIpc) is 2.35. The van der Waals surface area contributed by atoms with Crippen molar-refractivity contribution in [2.75, 3.05) is 13.1 Å². The van der Waals surface area contributed by atoms with Gasteiger partial charge in [0.05, 0.1) is 0 Å². The number of rotatable bonds is 7. The number of carbonyl (C=O) groups excluding carboxylic acids is 1. The van der Waals surface area contributed by atoms with Crippen LogP contribution in [-0.2, 0) is 14.8 Å². The molecule has 0 bridgehead atoms. The monoisotopic (exact) mass is 366 g/mol. The highest BCUT2D eigenvalue weighted by Crippen LogP contribution is 2.19. The fraction of sp³-hybridized carbons (Fsp3) is 0.417. The zero-order chi connectivity index (χ0) is 15.2. The SMILES string of the molecule is CCCNC(=O)CCNS(=O)(=O)c1ccc(Br)cc1F. The van der Waals surface area contributed by atoms with E-state index in [9.17, 15) is 17.6 Å². The minimum Gasteiger partial charge on any atom is -0.356 e. The lowest BCUT2D eigenvalue weighted by Crippen LogP contribution is -2.31. The number of carbonyl (C=O) groups is 1. The molecule has 0 spiro atoms. The minimum absolute atomic E-state index is 0.0113. The molecule has 1 rings (SSSR count). The molecule has 8 heteroatoms. The molecule has 112 valence electrons. The Bertz CT molecular complexity index is 578. The van der Waals surface area contributed by atoms with Crippen molar-refractivity contribution in [1.82, 2.24) is 10.0 Å². The lowest BCUT2D eigenvalue weighted by molar-refractivity contribution is -0.120. The second kappa shape index (κ2) is 7.70. The fourth-order valence-electron chi connectivity index (χ4n) is 1.42. The number of nitrogens with one attached hydrogen (secondary N) is 2. The van der Waals surface area contributed by atoms with Crippen LogP contribution in [0.15, 0.2) is 27.6 Å². The smallest absolute Gasteiger partial charge is 0.243 e. The molecule has 1 aromatic rings. The molecule has 0 aromatic heterocycles. The predicted molar refractivity (Wildman–Crippen MR) is 77.2 cm³/mol. The van der Waals surface area contributed by atoms with E-state index in [4.69, 9.17) is 0 Å². The highest BCUT2D eigenvalue weighted by Gasteiger charge is 2.18. The van der Waals surface area contributed by atoms with Crippen LogP contribution < -0.4 is 10.0 Å². The van der Waals surface area contributed by atoms with Gasteiger partial charge in [0.25, 0.3) is 0 Å². The molecule has 5 nitrogen and oxygen atoms in total. The van der Waals surface area contributed by atoms with Crippen molar-refractivity contribution in [3.8, 4) is 0 Å². The van der Waals surface area contributed by atoms with Gasteiger partial charge in [-0.1, -0.05) is 22.9 Å². The maximum absolute atomic E-state index is 13.6. The normalized spacial score (nSPS) is 11.3. The van der Waals surface area contributed by atoms with Gasteiger partial charge in [0.15, 0.2) is 0 Å². The number of benzene rings is 1. The first-order valence-corrected chi connectivity index (χ1v) is 8.36. The fourth-order valence-corrected chi connectivity index (χ4v) is 2.84. The van der Waals surface area contributed by atoms with Gasteiger partial charge < -0.3 is 5.32 Å². The van der Waals surface area contributed by atoms with E-state index >= 15 is 0 Å². The molecule has 0 atom stereocenters. The van der Waals surface area contributed by atoms with Crippen LogP contribution >= 0.6 is 15.9 Å². The van der Waals surface area contributed by atoms with Gasteiger partial charge in [-0.3, -0.25) is 4.79 Å². The third-order valence-electron chi connectivity index (χ3n) is 2.40. The van der Waals surface area contributed by atoms with Crippen LogP contribution in [0.25, 0.3) is 0 Å². The van der Waals surface area contributed by atoms with Crippen molar-refractivity contribution in [2.24, 2.45) is 0 Å². The Morgan fingerprint density at radius 3 is 2.65 bits per heavy atom. The van der Waals surface area contributed by atoms with Crippen molar-refractivity contribution >= 4 is 31.9 Å². The molecular formula is C12H16BrFN2O3S. The first kappa shape index (κ1) is 17.1. The van der Waals surface area contributed by atoms with Gasteiger partial charge in [0, 0.05) is 24.0 Å². The summed E-state index contributed by atoms with van der Waals surface area (Å²) in [5.41, 5.74) is 0. The topological polar surface area (TPSA) is 75.3 Å². The molecule has 0 aliphatic carbocycles. The van der Waals surface area contributed by atoms with E-state index < -0.39 is 20.7 Å². The number of hydrogen-bond donors (Lipinski definition) is 2. The first-order chi connectivity index (χ1) is 9.36. The van der Waals surface area contributed by atoms with Gasteiger partial charge in [-0.05, 0) is 24.6 Å². The quantitative estimate of drug-likeness (QED) is 0.772. The van der Waals surface area contributed by atoms with Crippen LogP contribution in [0, 0.1) is 5.82 Å². The summed E-state index contributed by atoms with van der Waals surface area (Å²) < 4.78 is 39.9. The van der Waals surface area contributed by atoms with Crippen LogP contribution in [0.1, 0.15) is 19.8 Å². The molecule has 20 heavy (non-hydrogen) atoms. The Morgan fingerprint density at radius 2 is 2.05 bits per heavy atom. The summed E-state index contributed by atoms with van der Waals surface area (Å²) in [5, 5.41) is 2.62. The van der Waals surface area contributed by atoms with Crippen LogP contribution in [0.4, 0.5) is 4.39 Å². The molecule has 0 fully saturated rings. The molecule has 0 aliphatic rings. The summed E-state index contributed by atoms with van der Waals surface area (Å²) in [6.45, 7) is 2.39. The molecule has 0 aliphatic heterocycles. The van der Waals surface area contributed by atoms with Gasteiger partial charge in [-0.2, -0.15) is 0 Å². The molecule has 0 radical (unpaired) electrons. The first-order valence-electron chi connectivity index (χ1n) is 6.08. The van der Waals surface area contributed by atoms with Gasteiger partial charge in [0.1, 0.15) is 10.7 Å². The summed E-state index contributed by atoms with van der Waals surface area (Å²) in [7, 11) is -3.95. The molecule has 0 saturated carbocycles. The van der Waals surface area contributed by atoms with Gasteiger partial charge >= 0.3 is 0 Å². The third kappa shape index (κ3) is 5.18. The molecule has 0 unspecified atom stereocenters. The maximum atomic E-state index is 13.6. The Kier molecular flexibility index (Phi) is 6.57. The van der Waals surface area contributed by atoms with E-state index in [0.717, 1.165) is 12.5 Å². The van der Waals surface area contributed by atoms with E-state index in [2.05, 4.69) is 26.0 Å². The minimum atomic E-state index is -3.95. The molecule has 0 heterocycles. The summed E-state index contributed by atoms with van der Waals surface area (Å²) in [4.78, 5) is 10.9. The maximum Gasteiger partial charge on any atom is 0.243 e. The van der Waals surface area contributed by atoms with E-state index in [0.29, 0.717) is 11.0 Å². The molecule has 1 aromatic carbocycles. The Morgan fingerprint density at radius 1 is 1.35 bits per heavy atom. The Labute approximate surface area is 126 Å². The van der Waals surface area contributed by atoms with Crippen molar-refractivity contribution in [3.63, 3.8) is 0 Å². The van der Waals surface area contributed by atoms with Crippen molar-refractivity contribution < 1.29 is 17.6 Å². The molecule has 1 amide bonds. The zero-order valence-electron chi connectivity index (χ0n) is 10.9. The second-order valence-corrected chi connectivity index (χ2v) is 6.72. The van der Waals surface area contributed by atoms with Crippen molar-refractivity contribution in [2.45, 2.75) is 24.7 Å². The van der Waals surface area contributed by atoms with E-state index in [1.165, 1.54) is 12.1 Å². The van der Waals surface area contributed by atoms with Crippen LogP contribution in [-0.4, -0.2) is 27.4 Å². The lowest BCUT2D eigenvalue weighted by Gasteiger charge is -2.08. The molecular weight excluding hydrogens is 351 g/mol. The average molecular weight is 367 g/mol. The zero-order valence-corrected chi connectivity index (χ0v) is 13.4. The molecule has 0 saturated heterocycles. The Balaban J connectivity index is 2.60. The van der Waals surface area contributed by atoms with E-state index in [1.807, 2.05) is 6.92 Å². The van der Waals surface area contributed by atoms with E-state index in [-0.39, 0.29) is 18.9 Å². The molecule has 2 N–H and O–H groups in total. The highest BCUT2D eigenvalue weighted by molar-refractivity contribution is 9.10. The van der Waals surface area contributed by atoms with Crippen molar-refractivity contribution in [1.29, 1.82) is 0 Å². The number of amides is 1. The Hall–Kier alpha value is -0.990. The lowest BCUT2D eigenvalue weighted by atomic mass is 10.3. The number of halogens is 2. The van der Waals surface area contributed by atoms with Crippen molar-refractivity contribution in [3.05, 3.63) is 28.5 Å². The predicted octanol–water partition coefficient (Wildman–Crippen LogP) is 1.78. The largest absolute Gasteiger partial charge is 0.356 e. The summed E-state index contributed by atoms with van der Waals surface area (Å²) in [6, 6.07) is 3.67. The van der Waals surface area contributed by atoms with Gasteiger partial charge in [-0.15, -0.1) is 0 Å². The van der Waals surface area contributed by atoms with Crippen LogP contribution in [0.5, 0.6) is 0 Å². The second-order valence-electron chi connectivity index (χ2n) is 4.07.